The van der Waals surface area contributed by atoms with Crippen LogP contribution in [0.4, 0.5) is 8.78 Å². The molecule has 0 saturated carbocycles. The van der Waals surface area contributed by atoms with Crippen LogP contribution in [0.2, 0.25) is 0 Å². The molecular weight excluding hydrogens is 1370 g/mol. The number of ether oxygens (including phenoxy) is 6. The van der Waals surface area contributed by atoms with E-state index in [9.17, 15) is 23.2 Å². The number of aromatic amines is 1. The Bertz CT molecular complexity index is 3280. The van der Waals surface area contributed by atoms with Gasteiger partial charge in [-0.1, -0.05) is 43.8 Å². The first kappa shape index (κ1) is 81.4. The molecule has 0 aliphatic heterocycles. The van der Waals surface area contributed by atoms with Gasteiger partial charge in [0.05, 0.1) is 19.8 Å². The zero-order chi connectivity index (χ0) is 57.9. The minimum atomic E-state index is -1.51. The molecule has 0 saturated heterocycles. The quantitative estimate of drug-likeness (QED) is 0.0434. The molecule has 0 fully saturated rings. The summed E-state index contributed by atoms with van der Waals surface area (Å²) in [5, 5.41) is 34.7. The van der Waals surface area contributed by atoms with Crippen LogP contribution in [-0.4, -0.2) is 109 Å². The molecule has 26 heteroatoms. The summed E-state index contributed by atoms with van der Waals surface area (Å²) in [6.45, 7) is 8.69. The van der Waals surface area contributed by atoms with Gasteiger partial charge in [0.2, 0.25) is 5.56 Å². The normalized spacial score (nSPS) is 9.64. The molecule has 0 atom stereocenters. The van der Waals surface area contributed by atoms with Crippen molar-refractivity contribution in [2.45, 2.75) is 28.2 Å². The third kappa shape index (κ3) is 28.7. The molecule has 0 spiro atoms. The third-order valence-corrected chi connectivity index (χ3v) is 12.6. The molecular formula is C58H65B2Br2F2N3O13V4. The number of aromatic nitrogens is 3. The van der Waals surface area contributed by atoms with Gasteiger partial charge in [-0.3, -0.25) is 23.5 Å². The second-order valence-corrected chi connectivity index (χ2v) is 18.5. The maximum atomic E-state index is 13.2. The van der Waals surface area contributed by atoms with Crippen molar-refractivity contribution in [1.29, 1.82) is 0 Å². The van der Waals surface area contributed by atoms with E-state index >= 15 is 0 Å². The summed E-state index contributed by atoms with van der Waals surface area (Å²) in [5.41, 5.74) is 6.50. The summed E-state index contributed by atoms with van der Waals surface area (Å²) in [4.78, 5) is 37.5. The summed E-state index contributed by atoms with van der Waals surface area (Å²) < 4.78 is 61.4. The number of benzene rings is 5. The third-order valence-electron chi connectivity index (χ3n) is 10.9. The smallest absolute Gasteiger partial charge is 0.488 e. The Balaban J connectivity index is 0. The van der Waals surface area contributed by atoms with Gasteiger partial charge in [-0.05, 0) is 171 Å². The first-order chi connectivity index (χ1) is 37.8. The van der Waals surface area contributed by atoms with Crippen LogP contribution in [0.5, 0.6) is 17.2 Å². The molecule has 8 aromatic rings. The Morgan fingerprint density at radius 1 is 0.476 bits per heavy atom. The second kappa shape index (κ2) is 43.9. The van der Waals surface area contributed by atoms with Gasteiger partial charge in [0.1, 0.15) is 48.7 Å². The standard InChI is InChI=1S/C21H20FNO3.C15H16BrNO3.C9H13BO4.C6H6BFO2.C6H6BrNO.CH4.4V/c1-15-13-21(24)23(14-20(15)16-3-5-17(22)6-4-16)18-7-9-19(10-8-18)26-12-11-25-2;1-11-9-15(18)17(10-14(11)16)12-3-5-13(6-4-12)20-8-7-19-2;1-13-6-7-14-9-4-2-8(3-5-9)10(11)12;8-6-3-1-5(2-4-6)7(9)10;1-4-2-6(9)8-3-5(4)7;;;;;/h3-10,13-14H,11-12H2,1-2H3;3-6,9-10H,7-8H2,1-2H3;2-5,11-12H,6-7H2,1H3;1-4,9-10H;2-3H,1H3,(H,8,9);1H4;;;;. The van der Waals surface area contributed by atoms with Gasteiger partial charge in [-0.15, -0.1) is 0 Å². The number of pyridine rings is 3. The van der Waals surface area contributed by atoms with Gasteiger partial charge < -0.3 is 53.5 Å². The molecule has 3 aromatic heterocycles. The molecule has 444 valence electrons. The van der Waals surface area contributed by atoms with Crippen LogP contribution in [-0.2, 0) is 88.4 Å². The fraction of sp³-hybridized carbons (Fsp3) is 0.224. The molecule has 84 heavy (non-hydrogen) atoms. The van der Waals surface area contributed by atoms with E-state index in [2.05, 4.69) is 36.8 Å². The molecule has 0 amide bonds. The maximum Gasteiger partial charge on any atom is 0.488 e. The van der Waals surface area contributed by atoms with E-state index in [0.29, 0.717) is 62.1 Å². The van der Waals surface area contributed by atoms with E-state index in [4.69, 9.17) is 48.5 Å². The zero-order valence-electron chi connectivity index (χ0n) is 46.1. The number of aryl methyl sites for hydroxylation is 3. The van der Waals surface area contributed by atoms with Gasteiger partial charge in [0.15, 0.2) is 0 Å². The molecule has 5 aromatic carbocycles. The van der Waals surface area contributed by atoms with Crippen LogP contribution >= 0.6 is 31.9 Å². The SMILES string of the molecule is C.COCCOc1ccc(-n2cc(-c3ccc(F)cc3)c(C)cc2=O)cc1.COCCOc1ccc(-n2cc(Br)c(C)cc2=O)cc1.COCCOc1ccc(B(O)O)cc1.Cc1cc(=O)[nH]cc1Br.OB(O)c1ccc(F)cc1.[V].[V].[V].[V]. The van der Waals surface area contributed by atoms with E-state index in [1.807, 2.05) is 69.3 Å². The van der Waals surface area contributed by atoms with Crippen molar-refractivity contribution >= 4 is 57.0 Å². The first-order valence-corrected chi connectivity index (χ1v) is 25.8. The van der Waals surface area contributed by atoms with Crippen molar-refractivity contribution in [3.63, 3.8) is 0 Å². The fourth-order valence-corrected chi connectivity index (χ4v) is 7.17. The first-order valence-electron chi connectivity index (χ1n) is 24.2. The number of rotatable bonds is 17. The Morgan fingerprint density at radius 3 is 1.19 bits per heavy atom. The number of methoxy groups -OCH3 is 3. The van der Waals surface area contributed by atoms with Crippen molar-refractivity contribution in [2.75, 3.05) is 61.0 Å². The van der Waals surface area contributed by atoms with Crippen molar-refractivity contribution < 1.29 is 132 Å². The monoisotopic (exact) mass is 1430 g/mol. The van der Waals surface area contributed by atoms with Gasteiger partial charge in [0, 0.05) is 158 Å². The van der Waals surface area contributed by atoms with Crippen LogP contribution in [0.1, 0.15) is 24.1 Å². The Hall–Kier alpha value is -4.64. The average molecular weight is 1440 g/mol. The van der Waals surface area contributed by atoms with Crippen LogP contribution in [0, 0.1) is 32.4 Å². The van der Waals surface area contributed by atoms with Crippen molar-refractivity contribution in [1.82, 2.24) is 14.1 Å². The molecule has 5 N–H and O–H groups in total. The minimum Gasteiger partial charge on any atom is -0.491 e. The number of nitrogens with zero attached hydrogens (tertiary/aromatic N) is 2. The fourth-order valence-electron chi connectivity index (χ4n) is 6.63. The summed E-state index contributed by atoms with van der Waals surface area (Å²) in [7, 11) is 1.92. The van der Waals surface area contributed by atoms with Crippen LogP contribution in [0.3, 0.4) is 0 Å². The topological polar surface area (TPSA) is 213 Å². The summed E-state index contributed by atoms with van der Waals surface area (Å²) in [5.74, 6) is 1.48. The van der Waals surface area contributed by atoms with Crippen molar-refractivity contribution in [3.05, 3.63) is 226 Å². The van der Waals surface area contributed by atoms with Crippen LogP contribution in [0.25, 0.3) is 22.5 Å². The molecule has 8 rings (SSSR count). The Labute approximate surface area is 553 Å². The minimum absolute atomic E-state index is 0. The van der Waals surface area contributed by atoms with Crippen LogP contribution < -0.4 is 41.8 Å². The summed E-state index contributed by atoms with van der Waals surface area (Å²) in [6, 6.07) is 37.2. The van der Waals surface area contributed by atoms with E-state index < -0.39 is 14.2 Å². The van der Waals surface area contributed by atoms with E-state index in [1.54, 1.807) is 104 Å². The van der Waals surface area contributed by atoms with Crippen LogP contribution in [0.15, 0.2) is 181 Å². The zero-order valence-corrected chi connectivity index (χ0v) is 54.8. The second-order valence-electron chi connectivity index (χ2n) is 16.8. The van der Waals surface area contributed by atoms with E-state index in [1.165, 1.54) is 36.4 Å². The Kier molecular flexibility index (Phi) is 42.5. The molecule has 4 radical (unpaired) electrons. The predicted molar refractivity (Wildman–Crippen MR) is 317 cm³/mol. The summed E-state index contributed by atoms with van der Waals surface area (Å²) in [6.07, 6.45) is 5.20. The molecule has 0 bridgehead atoms. The number of hydrogen-bond acceptors (Lipinski definition) is 13. The molecule has 0 unspecified atom stereocenters. The predicted octanol–water partition coefficient (Wildman–Crippen LogP) is 7.88. The van der Waals surface area contributed by atoms with Crippen molar-refractivity contribution in [3.8, 4) is 39.8 Å². The Morgan fingerprint density at radius 2 is 0.821 bits per heavy atom. The average Bonchev–Trinajstić information content (AvgIpc) is 3.43. The molecule has 0 aliphatic rings. The van der Waals surface area contributed by atoms with Gasteiger partial charge in [-0.2, -0.15) is 0 Å². The number of nitrogens with one attached hydrogen (secondary N) is 1. The van der Waals surface area contributed by atoms with E-state index in [0.717, 1.165) is 53.9 Å². The molecule has 16 nitrogen and oxygen atoms in total. The van der Waals surface area contributed by atoms with E-state index in [-0.39, 0.29) is 110 Å². The van der Waals surface area contributed by atoms with Gasteiger partial charge in [-0.25, -0.2) is 8.78 Å². The van der Waals surface area contributed by atoms with Crippen molar-refractivity contribution in [2.24, 2.45) is 0 Å². The molecule has 3 heterocycles. The summed E-state index contributed by atoms with van der Waals surface area (Å²) >= 11 is 6.69. The van der Waals surface area contributed by atoms with Gasteiger partial charge >= 0.3 is 14.2 Å². The number of hydrogen-bond donors (Lipinski definition) is 5. The number of halogens is 4. The molecule has 0 aliphatic carbocycles. The number of H-pyrrole nitrogens is 1. The van der Waals surface area contributed by atoms with Gasteiger partial charge in [0.25, 0.3) is 11.1 Å². The maximum absolute atomic E-state index is 13.2. The largest absolute Gasteiger partial charge is 0.491 e.